The van der Waals surface area contributed by atoms with Gasteiger partial charge in [0, 0.05) is 25.2 Å². The molecule has 1 aromatic carbocycles. The number of carbonyl (C=O) groups is 2. The van der Waals surface area contributed by atoms with Gasteiger partial charge in [0.05, 0.1) is 6.04 Å². The molecule has 1 aliphatic heterocycles. The van der Waals surface area contributed by atoms with Crippen molar-refractivity contribution in [1.29, 1.82) is 0 Å². The highest BCUT2D eigenvalue weighted by molar-refractivity contribution is 5.96. The van der Waals surface area contributed by atoms with Crippen molar-refractivity contribution in [3.05, 3.63) is 30.1 Å². The van der Waals surface area contributed by atoms with Crippen molar-refractivity contribution >= 4 is 17.6 Å². The third kappa shape index (κ3) is 4.18. The summed E-state index contributed by atoms with van der Waals surface area (Å²) in [4.78, 5) is 25.2. The van der Waals surface area contributed by atoms with Crippen LogP contribution in [0.25, 0.3) is 0 Å². The first-order chi connectivity index (χ1) is 10.1. The SMILES string of the molecule is CCCCNC(=O)NC1CC(=O)N(c2ccc(F)cc2)C1. The van der Waals surface area contributed by atoms with E-state index < -0.39 is 0 Å². The summed E-state index contributed by atoms with van der Waals surface area (Å²) in [7, 11) is 0. The zero-order valence-corrected chi connectivity index (χ0v) is 12.1. The Morgan fingerprint density at radius 3 is 2.76 bits per heavy atom. The second-order valence-electron chi connectivity index (χ2n) is 5.14. The van der Waals surface area contributed by atoms with Crippen molar-refractivity contribution in [3.63, 3.8) is 0 Å². The van der Waals surface area contributed by atoms with E-state index in [9.17, 15) is 14.0 Å². The van der Waals surface area contributed by atoms with Crippen LogP contribution < -0.4 is 15.5 Å². The fourth-order valence-corrected chi connectivity index (χ4v) is 2.29. The van der Waals surface area contributed by atoms with Gasteiger partial charge in [0.1, 0.15) is 5.82 Å². The fourth-order valence-electron chi connectivity index (χ4n) is 2.29. The average Bonchev–Trinajstić information content (AvgIpc) is 2.80. The van der Waals surface area contributed by atoms with Gasteiger partial charge < -0.3 is 15.5 Å². The molecule has 2 rings (SSSR count). The number of anilines is 1. The number of carbonyl (C=O) groups excluding carboxylic acids is 2. The first-order valence-corrected chi connectivity index (χ1v) is 7.20. The van der Waals surface area contributed by atoms with Crippen LogP contribution in [0.4, 0.5) is 14.9 Å². The summed E-state index contributed by atoms with van der Waals surface area (Å²) in [6.45, 7) is 3.09. The van der Waals surface area contributed by atoms with Crippen molar-refractivity contribution in [2.75, 3.05) is 18.0 Å². The highest BCUT2D eigenvalue weighted by Crippen LogP contribution is 2.21. The summed E-state index contributed by atoms with van der Waals surface area (Å²) < 4.78 is 12.9. The summed E-state index contributed by atoms with van der Waals surface area (Å²) in [6.07, 6.45) is 2.21. The van der Waals surface area contributed by atoms with Gasteiger partial charge in [-0.2, -0.15) is 0 Å². The second kappa shape index (κ2) is 7.06. The second-order valence-corrected chi connectivity index (χ2v) is 5.14. The van der Waals surface area contributed by atoms with E-state index in [0.29, 0.717) is 18.8 Å². The van der Waals surface area contributed by atoms with Crippen LogP contribution >= 0.6 is 0 Å². The maximum atomic E-state index is 12.9. The Morgan fingerprint density at radius 1 is 1.38 bits per heavy atom. The lowest BCUT2D eigenvalue weighted by molar-refractivity contribution is -0.117. The minimum absolute atomic E-state index is 0.0690. The number of hydrogen-bond donors (Lipinski definition) is 2. The van der Waals surface area contributed by atoms with Crippen molar-refractivity contribution in [1.82, 2.24) is 10.6 Å². The monoisotopic (exact) mass is 293 g/mol. The molecule has 5 nitrogen and oxygen atoms in total. The number of nitrogens with one attached hydrogen (secondary N) is 2. The van der Waals surface area contributed by atoms with E-state index in [2.05, 4.69) is 17.6 Å². The molecule has 0 saturated carbocycles. The topological polar surface area (TPSA) is 61.4 Å². The van der Waals surface area contributed by atoms with Crippen LogP contribution in [0.5, 0.6) is 0 Å². The van der Waals surface area contributed by atoms with E-state index in [0.717, 1.165) is 12.8 Å². The molecule has 1 unspecified atom stereocenters. The van der Waals surface area contributed by atoms with E-state index in [1.165, 1.54) is 12.1 Å². The Hall–Kier alpha value is -2.11. The quantitative estimate of drug-likeness (QED) is 0.816. The van der Waals surface area contributed by atoms with Crippen molar-refractivity contribution in [3.8, 4) is 0 Å². The molecule has 0 spiro atoms. The van der Waals surface area contributed by atoms with E-state index in [1.807, 2.05) is 0 Å². The smallest absolute Gasteiger partial charge is 0.315 e. The minimum atomic E-state index is -0.338. The first kappa shape index (κ1) is 15.3. The highest BCUT2D eigenvalue weighted by atomic mass is 19.1. The number of amides is 3. The summed E-state index contributed by atoms with van der Waals surface area (Å²) in [5, 5.41) is 5.55. The third-order valence-electron chi connectivity index (χ3n) is 3.41. The molecule has 0 aromatic heterocycles. The minimum Gasteiger partial charge on any atom is -0.338 e. The molecular weight excluding hydrogens is 273 g/mol. The number of halogens is 1. The average molecular weight is 293 g/mol. The molecule has 21 heavy (non-hydrogen) atoms. The maximum Gasteiger partial charge on any atom is 0.315 e. The van der Waals surface area contributed by atoms with Gasteiger partial charge >= 0.3 is 6.03 Å². The van der Waals surface area contributed by atoms with Crippen LogP contribution in [-0.4, -0.2) is 31.1 Å². The molecular formula is C15H20FN3O2. The molecule has 1 saturated heterocycles. The van der Waals surface area contributed by atoms with Crippen LogP contribution in [0.2, 0.25) is 0 Å². The zero-order chi connectivity index (χ0) is 15.2. The van der Waals surface area contributed by atoms with Gasteiger partial charge in [0.25, 0.3) is 0 Å². The van der Waals surface area contributed by atoms with Crippen LogP contribution in [0.15, 0.2) is 24.3 Å². The van der Waals surface area contributed by atoms with Crippen molar-refractivity contribution in [2.45, 2.75) is 32.2 Å². The molecule has 2 N–H and O–H groups in total. The van der Waals surface area contributed by atoms with Gasteiger partial charge in [-0.15, -0.1) is 0 Å². The number of hydrogen-bond acceptors (Lipinski definition) is 2. The predicted molar refractivity (Wildman–Crippen MR) is 78.6 cm³/mol. The summed E-state index contributed by atoms with van der Waals surface area (Å²) in [5.41, 5.74) is 0.650. The zero-order valence-electron chi connectivity index (χ0n) is 12.1. The van der Waals surface area contributed by atoms with E-state index >= 15 is 0 Å². The summed E-state index contributed by atoms with van der Waals surface area (Å²) in [5.74, 6) is -0.407. The van der Waals surface area contributed by atoms with Gasteiger partial charge in [-0.1, -0.05) is 13.3 Å². The Morgan fingerprint density at radius 2 is 2.10 bits per heavy atom. The van der Waals surface area contributed by atoms with Gasteiger partial charge in [0.2, 0.25) is 5.91 Å². The number of nitrogens with zero attached hydrogens (tertiary/aromatic N) is 1. The molecule has 6 heteroatoms. The number of rotatable bonds is 5. The fraction of sp³-hybridized carbons (Fsp3) is 0.467. The Bertz CT molecular complexity index is 504. The van der Waals surface area contributed by atoms with E-state index in [4.69, 9.17) is 0 Å². The van der Waals surface area contributed by atoms with Crippen LogP contribution in [0.1, 0.15) is 26.2 Å². The van der Waals surface area contributed by atoms with Crippen LogP contribution in [0.3, 0.4) is 0 Å². The summed E-state index contributed by atoms with van der Waals surface area (Å²) in [6, 6.07) is 5.31. The lowest BCUT2D eigenvalue weighted by Crippen LogP contribution is -2.43. The largest absolute Gasteiger partial charge is 0.338 e. The Balaban J connectivity index is 1.87. The lowest BCUT2D eigenvalue weighted by atomic mass is 10.2. The van der Waals surface area contributed by atoms with E-state index in [-0.39, 0.29) is 30.2 Å². The molecule has 114 valence electrons. The molecule has 1 atom stereocenters. The van der Waals surface area contributed by atoms with Gasteiger partial charge in [-0.05, 0) is 30.7 Å². The molecule has 0 bridgehead atoms. The molecule has 1 heterocycles. The molecule has 1 aromatic rings. The molecule has 1 aliphatic rings. The van der Waals surface area contributed by atoms with Crippen molar-refractivity contribution < 1.29 is 14.0 Å². The molecule has 1 fully saturated rings. The number of urea groups is 1. The Kier molecular flexibility index (Phi) is 5.14. The summed E-state index contributed by atoms with van der Waals surface area (Å²) >= 11 is 0. The van der Waals surface area contributed by atoms with Gasteiger partial charge in [0.15, 0.2) is 0 Å². The van der Waals surface area contributed by atoms with Crippen LogP contribution in [0, 0.1) is 5.82 Å². The first-order valence-electron chi connectivity index (χ1n) is 7.20. The molecule has 0 radical (unpaired) electrons. The lowest BCUT2D eigenvalue weighted by Gasteiger charge is -2.17. The number of unbranched alkanes of at least 4 members (excludes halogenated alkanes) is 1. The molecule has 0 aliphatic carbocycles. The third-order valence-corrected chi connectivity index (χ3v) is 3.41. The van der Waals surface area contributed by atoms with Crippen molar-refractivity contribution in [2.24, 2.45) is 0 Å². The van der Waals surface area contributed by atoms with Gasteiger partial charge in [-0.25, -0.2) is 9.18 Å². The number of benzene rings is 1. The Labute approximate surface area is 123 Å². The maximum absolute atomic E-state index is 12.9. The predicted octanol–water partition coefficient (Wildman–Crippen LogP) is 2.03. The van der Waals surface area contributed by atoms with Crippen LogP contribution in [-0.2, 0) is 4.79 Å². The standard InChI is InChI=1S/C15H20FN3O2/c1-2-3-8-17-15(21)18-12-9-14(20)19(10-12)13-6-4-11(16)5-7-13/h4-7,12H,2-3,8-10H2,1H3,(H2,17,18,21). The van der Waals surface area contributed by atoms with E-state index in [1.54, 1.807) is 17.0 Å². The normalized spacial score (nSPS) is 17.9. The van der Waals surface area contributed by atoms with Gasteiger partial charge in [-0.3, -0.25) is 4.79 Å². The highest BCUT2D eigenvalue weighted by Gasteiger charge is 2.31. The molecule has 3 amide bonds.